The minimum atomic E-state index is -0.651. The van der Waals surface area contributed by atoms with E-state index in [1.807, 2.05) is 48.5 Å². The summed E-state index contributed by atoms with van der Waals surface area (Å²) in [6.07, 6.45) is 0. The number of nitrogens with one attached hydrogen (secondary N) is 1. The molecule has 7 heteroatoms. The Balaban J connectivity index is 0.00000169. The van der Waals surface area contributed by atoms with Gasteiger partial charge in [0, 0.05) is 25.3 Å². The van der Waals surface area contributed by atoms with Gasteiger partial charge in [0.15, 0.2) is 0 Å². The number of morpholine rings is 1. The van der Waals surface area contributed by atoms with Crippen LogP contribution >= 0.6 is 24.8 Å². The largest absolute Gasteiger partial charge is 0.378 e. The predicted octanol–water partition coefficient (Wildman–Crippen LogP) is 2.68. The third-order valence-corrected chi connectivity index (χ3v) is 4.24. The summed E-state index contributed by atoms with van der Waals surface area (Å²) >= 11 is 0. The van der Waals surface area contributed by atoms with E-state index in [0.717, 1.165) is 43.1 Å². The highest BCUT2D eigenvalue weighted by Gasteiger charge is 2.17. The second-order valence-electron chi connectivity index (χ2n) is 5.83. The van der Waals surface area contributed by atoms with E-state index in [1.54, 1.807) is 0 Å². The van der Waals surface area contributed by atoms with Gasteiger partial charge in [-0.25, -0.2) is 0 Å². The molecular formula is C19H25Cl2N3O2. The molecule has 1 heterocycles. The van der Waals surface area contributed by atoms with Crippen molar-refractivity contribution < 1.29 is 9.53 Å². The van der Waals surface area contributed by atoms with E-state index < -0.39 is 6.04 Å². The van der Waals surface area contributed by atoms with Crippen molar-refractivity contribution in [2.75, 3.05) is 31.2 Å². The molecular weight excluding hydrogens is 373 g/mol. The summed E-state index contributed by atoms with van der Waals surface area (Å²) in [4.78, 5) is 14.6. The Kier molecular flexibility index (Phi) is 9.44. The molecule has 0 saturated carbocycles. The molecule has 0 spiro atoms. The van der Waals surface area contributed by atoms with Gasteiger partial charge in [-0.3, -0.25) is 4.79 Å². The summed E-state index contributed by atoms with van der Waals surface area (Å²) in [6, 6.07) is 16.9. The number of hydrogen-bond donors (Lipinski definition) is 2. The smallest absolute Gasteiger partial charge is 0.241 e. The second-order valence-corrected chi connectivity index (χ2v) is 5.83. The molecule has 3 N–H and O–H groups in total. The van der Waals surface area contributed by atoms with Gasteiger partial charge in [0.1, 0.15) is 6.04 Å². The Bertz CT molecular complexity index is 679. The Hall–Kier alpha value is -1.79. The number of hydrogen-bond acceptors (Lipinski definition) is 4. The fourth-order valence-electron chi connectivity index (χ4n) is 2.88. The molecule has 0 aromatic heterocycles. The molecule has 142 valence electrons. The fourth-order valence-corrected chi connectivity index (χ4v) is 2.88. The van der Waals surface area contributed by atoms with Crippen LogP contribution in [0.15, 0.2) is 54.6 Å². The molecule has 1 atom stereocenters. The molecule has 0 aliphatic carbocycles. The number of amides is 1. The number of nitrogens with two attached hydrogens (primary N) is 1. The van der Waals surface area contributed by atoms with Crippen molar-refractivity contribution in [1.82, 2.24) is 5.32 Å². The molecule has 2 aromatic carbocycles. The van der Waals surface area contributed by atoms with Gasteiger partial charge in [-0.15, -0.1) is 24.8 Å². The molecule has 26 heavy (non-hydrogen) atoms. The number of ether oxygens (including phenoxy) is 1. The number of carbonyl (C=O) groups is 1. The normalized spacial score (nSPS) is 14.6. The lowest BCUT2D eigenvalue weighted by molar-refractivity contribution is -0.122. The lowest BCUT2D eigenvalue weighted by Gasteiger charge is -2.30. The maximum absolute atomic E-state index is 12.3. The van der Waals surface area contributed by atoms with Crippen LogP contribution in [-0.4, -0.2) is 32.2 Å². The zero-order valence-electron chi connectivity index (χ0n) is 14.5. The molecule has 2 aromatic rings. The van der Waals surface area contributed by atoms with Crippen molar-refractivity contribution in [3.8, 4) is 0 Å². The molecule has 1 fully saturated rings. The second kappa shape index (κ2) is 11.0. The Morgan fingerprint density at radius 3 is 2.35 bits per heavy atom. The third kappa shape index (κ3) is 5.61. The van der Waals surface area contributed by atoms with Gasteiger partial charge in [-0.05, 0) is 17.2 Å². The molecule has 3 rings (SSSR count). The number of halogens is 2. The number of para-hydroxylation sites is 1. The molecule has 1 aliphatic rings. The number of carbonyl (C=O) groups excluding carboxylic acids is 1. The van der Waals surface area contributed by atoms with Crippen LogP contribution in [-0.2, 0) is 16.1 Å². The monoisotopic (exact) mass is 397 g/mol. The van der Waals surface area contributed by atoms with Crippen LogP contribution in [0.5, 0.6) is 0 Å². The standard InChI is InChI=1S/C19H23N3O2.2ClH/c20-18(15-6-2-1-3-7-15)19(23)21-14-16-8-4-5-9-17(16)22-10-12-24-13-11-22;;/h1-9,18H,10-14,20H2,(H,21,23);2*1H. The van der Waals surface area contributed by atoms with Crippen LogP contribution in [0.2, 0.25) is 0 Å². The Morgan fingerprint density at radius 2 is 1.65 bits per heavy atom. The lowest BCUT2D eigenvalue weighted by Crippen LogP contribution is -2.38. The van der Waals surface area contributed by atoms with E-state index in [4.69, 9.17) is 10.5 Å². The highest BCUT2D eigenvalue weighted by Crippen LogP contribution is 2.21. The van der Waals surface area contributed by atoms with E-state index in [9.17, 15) is 4.79 Å². The van der Waals surface area contributed by atoms with Crippen molar-refractivity contribution in [3.63, 3.8) is 0 Å². The average Bonchev–Trinajstić information content (AvgIpc) is 2.67. The lowest BCUT2D eigenvalue weighted by atomic mass is 10.1. The molecule has 0 radical (unpaired) electrons. The summed E-state index contributed by atoms with van der Waals surface area (Å²) in [6.45, 7) is 3.68. The van der Waals surface area contributed by atoms with Crippen LogP contribution in [0.4, 0.5) is 5.69 Å². The molecule has 1 unspecified atom stereocenters. The van der Waals surface area contributed by atoms with Crippen LogP contribution in [0.25, 0.3) is 0 Å². The molecule has 1 aliphatic heterocycles. The first-order chi connectivity index (χ1) is 11.8. The van der Waals surface area contributed by atoms with E-state index in [0.29, 0.717) is 6.54 Å². The third-order valence-electron chi connectivity index (χ3n) is 4.24. The maximum atomic E-state index is 12.3. The maximum Gasteiger partial charge on any atom is 0.241 e. The molecule has 1 saturated heterocycles. The van der Waals surface area contributed by atoms with Gasteiger partial charge in [0.25, 0.3) is 0 Å². The number of nitrogens with zero attached hydrogens (tertiary/aromatic N) is 1. The molecule has 1 amide bonds. The topological polar surface area (TPSA) is 67.6 Å². The van der Waals surface area contributed by atoms with Crippen molar-refractivity contribution >= 4 is 36.4 Å². The van der Waals surface area contributed by atoms with Crippen LogP contribution in [0, 0.1) is 0 Å². The van der Waals surface area contributed by atoms with E-state index in [2.05, 4.69) is 16.3 Å². The fraction of sp³-hybridized carbons (Fsp3) is 0.316. The SMILES string of the molecule is Cl.Cl.NC(C(=O)NCc1ccccc1N1CCOCC1)c1ccccc1. The summed E-state index contributed by atoms with van der Waals surface area (Å²) in [5.74, 6) is -0.169. The highest BCUT2D eigenvalue weighted by molar-refractivity contribution is 5.85. The van der Waals surface area contributed by atoms with Gasteiger partial charge >= 0.3 is 0 Å². The Labute approximate surface area is 166 Å². The van der Waals surface area contributed by atoms with Gasteiger partial charge in [-0.1, -0.05) is 48.5 Å². The van der Waals surface area contributed by atoms with Gasteiger partial charge in [0.05, 0.1) is 13.2 Å². The highest BCUT2D eigenvalue weighted by atomic mass is 35.5. The quantitative estimate of drug-likeness (QED) is 0.813. The van der Waals surface area contributed by atoms with E-state index in [-0.39, 0.29) is 30.7 Å². The van der Waals surface area contributed by atoms with Crippen molar-refractivity contribution in [2.45, 2.75) is 12.6 Å². The Morgan fingerprint density at radius 1 is 1.04 bits per heavy atom. The van der Waals surface area contributed by atoms with Gasteiger partial charge < -0.3 is 20.7 Å². The first-order valence-corrected chi connectivity index (χ1v) is 8.24. The summed E-state index contributed by atoms with van der Waals surface area (Å²) < 4.78 is 5.41. The zero-order valence-corrected chi connectivity index (χ0v) is 16.1. The zero-order chi connectivity index (χ0) is 16.8. The summed E-state index contributed by atoms with van der Waals surface area (Å²) in [7, 11) is 0. The van der Waals surface area contributed by atoms with Gasteiger partial charge in [0.2, 0.25) is 5.91 Å². The van der Waals surface area contributed by atoms with Gasteiger partial charge in [-0.2, -0.15) is 0 Å². The van der Waals surface area contributed by atoms with E-state index in [1.165, 1.54) is 0 Å². The number of anilines is 1. The summed E-state index contributed by atoms with van der Waals surface area (Å²) in [5, 5.41) is 2.95. The first-order valence-electron chi connectivity index (χ1n) is 8.24. The minimum Gasteiger partial charge on any atom is -0.378 e. The average molecular weight is 398 g/mol. The number of benzene rings is 2. The molecule has 5 nitrogen and oxygen atoms in total. The van der Waals surface area contributed by atoms with Crippen molar-refractivity contribution in [2.24, 2.45) is 5.73 Å². The first kappa shape index (κ1) is 22.3. The van der Waals surface area contributed by atoms with Crippen LogP contribution in [0.1, 0.15) is 17.2 Å². The van der Waals surface area contributed by atoms with Crippen LogP contribution in [0.3, 0.4) is 0 Å². The molecule has 0 bridgehead atoms. The van der Waals surface area contributed by atoms with Crippen molar-refractivity contribution in [3.05, 3.63) is 65.7 Å². The minimum absolute atomic E-state index is 0. The number of rotatable bonds is 5. The van der Waals surface area contributed by atoms with Crippen molar-refractivity contribution in [1.29, 1.82) is 0 Å². The predicted molar refractivity (Wildman–Crippen MR) is 109 cm³/mol. The van der Waals surface area contributed by atoms with Crippen LogP contribution < -0.4 is 16.0 Å². The summed E-state index contributed by atoms with van der Waals surface area (Å²) in [5.41, 5.74) is 9.10. The van der Waals surface area contributed by atoms with E-state index >= 15 is 0 Å².